The first-order valence-corrected chi connectivity index (χ1v) is 7.25. The Balaban J connectivity index is 2.24. The van der Waals surface area contributed by atoms with Crippen molar-refractivity contribution < 1.29 is 14.9 Å². The van der Waals surface area contributed by atoms with Crippen LogP contribution in [0.4, 0.5) is 0 Å². The molecule has 0 unspecified atom stereocenters. The molecule has 0 saturated carbocycles. The van der Waals surface area contributed by atoms with E-state index in [1.165, 1.54) is 0 Å². The molecule has 0 fully saturated rings. The minimum absolute atomic E-state index is 0.0883. The summed E-state index contributed by atoms with van der Waals surface area (Å²) >= 11 is 3.43. The molecule has 106 valence electrons. The highest BCUT2D eigenvalue weighted by molar-refractivity contribution is 9.10. The van der Waals surface area contributed by atoms with Crippen molar-refractivity contribution in [2.45, 2.75) is 19.4 Å². The maximum absolute atomic E-state index is 9.60. The smallest absolute Gasteiger partial charge is 0.130 e. The molecule has 0 bridgehead atoms. The summed E-state index contributed by atoms with van der Waals surface area (Å²) in [4.78, 5) is 0. The third-order valence-corrected chi connectivity index (χ3v) is 3.69. The average Bonchev–Trinajstić information content (AvgIpc) is 2.41. The third-order valence-electron chi connectivity index (χ3n) is 3.00. The highest BCUT2D eigenvalue weighted by atomic mass is 79.9. The van der Waals surface area contributed by atoms with Crippen LogP contribution in [0.15, 0.2) is 46.9 Å². The van der Waals surface area contributed by atoms with Crippen LogP contribution in [0.1, 0.15) is 24.2 Å². The Morgan fingerprint density at radius 1 is 1.20 bits per heavy atom. The van der Waals surface area contributed by atoms with E-state index in [9.17, 15) is 5.11 Å². The lowest BCUT2D eigenvalue weighted by Gasteiger charge is -2.13. The number of ether oxygens (including phenoxy) is 1. The molecule has 0 amide bonds. The predicted octanol–water partition coefficient (Wildman–Crippen LogP) is 3.83. The van der Waals surface area contributed by atoms with Gasteiger partial charge in [-0.1, -0.05) is 40.2 Å². The van der Waals surface area contributed by atoms with Crippen LogP contribution in [0.5, 0.6) is 11.5 Å². The SMILES string of the molecule is C[C@@H](O)c1ccc(Oc2ccccc2CCO)cc1Br. The van der Waals surface area contributed by atoms with Gasteiger partial charge in [0.15, 0.2) is 0 Å². The molecule has 0 spiro atoms. The van der Waals surface area contributed by atoms with Gasteiger partial charge in [0.1, 0.15) is 11.5 Å². The van der Waals surface area contributed by atoms with Crippen LogP contribution in [-0.2, 0) is 6.42 Å². The number of hydrogen-bond acceptors (Lipinski definition) is 3. The van der Waals surface area contributed by atoms with Crippen LogP contribution in [0.2, 0.25) is 0 Å². The van der Waals surface area contributed by atoms with Crippen molar-refractivity contribution in [2.75, 3.05) is 6.61 Å². The Morgan fingerprint density at radius 3 is 2.60 bits per heavy atom. The molecule has 0 saturated heterocycles. The quantitative estimate of drug-likeness (QED) is 0.872. The summed E-state index contributed by atoms with van der Waals surface area (Å²) in [6.45, 7) is 1.81. The Kier molecular flexibility index (Phi) is 5.17. The van der Waals surface area contributed by atoms with Crippen molar-refractivity contribution >= 4 is 15.9 Å². The minimum atomic E-state index is -0.528. The van der Waals surface area contributed by atoms with Gasteiger partial charge in [0.25, 0.3) is 0 Å². The molecule has 0 aliphatic carbocycles. The number of aliphatic hydroxyl groups is 2. The van der Waals surface area contributed by atoms with Crippen molar-refractivity contribution in [3.8, 4) is 11.5 Å². The van der Waals surface area contributed by atoms with Crippen LogP contribution in [-0.4, -0.2) is 16.8 Å². The largest absolute Gasteiger partial charge is 0.457 e. The number of hydrogen-bond donors (Lipinski definition) is 2. The van der Waals surface area contributed by atoms with E-state index in [4.69, 9.17) is 9.84 Å². The van der Waals surface area contributed by atoms with Crippen LogP contribution >= 0.6 is 15.9 Å². The van der Waals surface area contributed by atoms with Gasteiger partial charge in [-0.2, -0.15) is 0 Å². The lowest BCUT2D eigenvalue weighted by molar-refractivity contribution is 0.198. The van der Waals surface area contributed by atoms with E-state index in [1.807, 2.05) is 42.5 Å². The number of rotatable bonds is 5. The predicted molar refractivity (Wildman–Crippen MR) is 82.1 cm³/mol. The maximum Gasteiger partial charge on any atom is 0.130 e. The molecule has 2 N–H and O–H groups in total. The van der Waals surface area contributed by atoms with Gasteiger partial charge in [-0.15, -0.1) is 0 Å². The molecular formula is C16H17BrO3. The standard InChI is InChI=1S/C16H17BrO3/c1-11(19)14-7-6-13(10-15(14)17)20-16-5-3-2-4-12(16)8-9-18/h2-7,10-11,18-19H,8-9H2,1H3/t11-/m1/s1. The first kappa shape index (κ1) is 15.0. The van der Waals surface area contributed by atoms with E-state index in [0.717, 1.165) is 21.3 Å². The second kappa shape index (κ2) is 6.88. The van der Waals surface area contributed by atoms with Gasteiger partial charge in [0.05, 0.1) is 6.10 Å². The van der Waals surface area contributed by atoms with Gasteiger partial charge >= 0.3 is 0 Å². The first-order chi connectivity index (χ1) is 9.61. The number of aliphatic hydroxyl groups excluding tert-OH is 2. The molecule has 0 aliphatic heterocycles. The summed E-state index contributed by atoms with van der Waals surface area (Å²) < 4.78 is 6.66. The van der Waals surface area contributed by atoms with Gasteiger partial charge in [-0.05, 0) is 42.7 Å². The van der Waals surface area contributed by atoms with Crippen molar-refractivity contribution in [2.24, 2.45) is 0 Å². The minimum Gasteiger partial charge on any atom is -0.457 e. The molecule has 2 aromatic carbocycles. The van der Waals surface area contributed by atoms with Crippen LogP contribution in [0, 0.1) is 0 Å². The van der Waals surface area contributed by atoms with Crippen molar-refractivity contribution in [1.29, 1.82) is 0 Å². The van der Waals surface area contributed by atoms with Gasteiger partial charge in [-0.3, -0.25) is 0 Å². The van der Waals surface area contributed by atoms with Crippen molar-refractivity contribution in [3.63, 3.8) is 0 Å². The molecule has 2 rings (SSSR count). The number of benzene rings is 2. The topological polar surface area (TPSA) is 49.7 Å². The highest BCUT2D eigenvalue weighted by Gasteiger charge is 2.09. The Morgan fingerprint density at radius 2 is 1.95 bits per heavy atom. The normalized spacial score (nSPS) is 12.2. The fraction of sp³-hybridized carbons (Fsp3) is 0.250. The van der Waals surface area contributed by atoms with E-state index in [2.05, 4.69) is 15.9 Å². The summed E-state index contributed by atoms with van der Waals surface area (Å²) in [5.74, 6) is 1.42. The molecule has 0 aliphatic rings. The molecule has 0 heterocycles. The molecule has 1 atom stereocenters. The third kappa shape index (κ3) is 3.60. The van der Waals surface area contributed by atoms with E-state index < -0.39 is 6.10 Å². The van der Waals surface area contributed by atoms with Gasteiger partial charge in [0.2, 0.25) is 0 Å². The van der Waals surface area contributed by atoms with Crippen LogP contribution in [0.25, 0.3) is 0 Å². The second-order valence-electron chi connectivity index (χ2n) is 4.54. The van der Waals surface area contributed by atoms with E-state index in [1.54, 1.807) is 6.92 Å². The fourth-order valence-electron chi connectivity index (χ4n) is 1.97. The zero-order valence-electron chi connectivity index (χ0n) is 11.2. The maximum atomic E-state index is 9.60. The van der Waals surface area contributed by atoms with E-state index in [-0.39, 0.29) is 6.61 Å². The van der Waals surface area contributed by atoms with Gasteiger partial charge in [-0.25, -0.2) is 0 Å². The zero-order valence-corrected chi connectivity index (χ0v) is 12.8. The zero-order chi connectivity index (χ0) is 14.5. The number of para-hydroxylation sites is 1. The molecule has 4 heteroatoms. The van der Waals surface area contributed by atoms with Crippen LogP contribution in [0.3, 0.4) is 0 Å². The second-order valence-corrected chi connectivity index (χ2v) is 5.40. The van der Waals surface area contributed by atoms with E-state index >= 15 is 0 Å². The first-order valence-electron chi connectivity index (χ1n) is 6.46. The Bertz CT molecular complexity index is 582. The summed E-state index contributed by atoms with van der Waals surface area (Å²) in [7, 11) is 0. The molecular weight excluding hydrogens is 320 g/mol. The summed E-state index contributed by atoms with van der Waals surface area (Å²) in [6, 6.07) is 13.1. The summed E-state index contributed by atoms with van der Waals surface area (Å²) in [6.07, 6.45) is 0.0309. The fourth-order valence-corrected chi connectivity index (χ4v) is 2.66. The Labute approximate surface area is 127 Å². The molecule has 3 nitrogen and oxygen atoms in total. The monoisotopic (exact) mass is 336 g/mol. The van der Waals surface area contributed by atoms with Crippen LogP contribution < -0.4 is 4.74 Å². The van der Waals surface area contributed by atoms with Gasteiger partial charge in [0, 0.05) is 11.1 Å². The number of halogens is 1. The van der Waals surface area contributed by atoms with Gasteiger partial charge < -0.3 is 14.9 Å². The Hall–Kier alpha value is -1.36. The molecule has 0 aromatic heterocycles. The van der Waals surface area contributed by atoms with E-state index in [0.29, 0.717) is 12.2 Å². The molecule has 0 radical (unpaired) electrons. The van der Waals surface area contributed by atoms with Crippen molar-refractivity contribution in [3.05, 3.63) is 58.1 Å². The highest BCUT2D eigenvalue weighted by Crippen LogP contribution is 2.31. The lowest BCUT2D eigenvalue weighted by atomic mass is 10.1. The summed E-state index contributed by atoms with van der Waals surface area (Å²) in [5.41, 5.74) is 1.78. The summed E-state index contributed by atoms with van der Waals surface area (Å²) in [5, 5.41) is 18.7. The molecule has 2 aromatic rings. The molecule has 20 heavy (non-hydrogen) atoms. The lowest BCUT2D eigenvalue weighted by Crippen LogP contribution is -1.96. The average molecular weight is 337 g/mol. The van der Waals surface area contributed by atoms with Crippen molar-refractivity contribution in [1.82, 2.24) is 0 Å².